The van der Waals surface area contributed by atoms with E-state index in [2.05, 4.69) is 59.4 Å². The summed E-state index contributed by atoms with van der Waals surface area (Å²) in [6.07, 6.45) is 5.01. The lowest BCUT2D eigenvalue weighted by molar-refractivity contribution is -0.966. The van der Waals surface area contributed by atoms with Gasteiger partial charge in [-0.15, -0.1) is 6.58 Å². The molecule has 4 aromatic carbocycles. The quantitative estimate of drug-likeness (QED) is 0.142. The van der Waals surface area contributed by atoms with Crippen LogP contribution >= 0.6 is 0 Å². The number of carbonyl (C=O) groups is 1. The number of quaternary nitrogens is 1. The van der Waals surface area contributed by atoms with Crippen LogP contribution in [0.2, 0.25) is 0 Å². The second-order valence-electron chi connectivity index (χ2n) is 12.8. The molecule has 0 spiro atoms. The number of pyridine rings is 1. The molecule has 46 heavy (non-hydrogen) atoms. The monoisotopic (exact) mass is 673 g/mol. The number of aliphatic hydroxyl groups excluding tert-OH is 1. The van der Waals surface area contributed by atoms with Crippen LogP contribution in [0.25, 0.3) is 10.9 Å². The van der Waals surface area contributed by atoms with Crippen LogP contribution in [0.5, 0.6) is 0 Å². The summed E-state index contributed by atoms with van der Waals surface area (Å²) in [6, 6.07) is 40.6. The number of hydrogen-bond donors (Lipinski definition) is 2. The summed E-state index contributed by atoms with van der Waals surface area (Å²) in [5.41, 5.74) is 3.86. The Morgan fingerprint density at radius 3 is 2.04 bits per heavy atom. The summed E-state index contributed by atoms with van der Waals surface area (Å²) in [5, 5.41) is 16.7. The van der Waals surface area contributed by atoms with Crippen molar-refractivity contribution in [3.05, 3.63) is 162 Å². The van der Waals surface area contributed by atoms with Crippen molar-refractivity contribution in [2.75, 3.05) is 19.6 Å². The van der Waals surface area contributed by atoms with Gasteiger partial charge in [0.05, 0.1) is 18.6 Å². The van der Waals surface area contributed by atoms with Gasteiger partial charge in [-0.05, 0) is 40.3 Å². The molecule has 234 valence electrons. The Labute approximate surface area is 282 Å². The first-order chi connectivity index (χ1) is 22.0. The molecule has 0 saturated carbocycles. The molecular weight excluding hydrogens is 634 g/mol. The molecule has 3 saturated heterocycles. The van der Waals surface area contributed by atoms with Crippen molar-refractivity contribution in [2.24, 2.45) is 11.8 Å². The molecule has 3 fully saturated rings. The highest BCUT2D eigenvalue weighted by Gasteiger charge is 2.55. The van der Waals surface area contributed by atoms with Crippen molar-refractivity contribution in [3.63, 3.8) is 0 Å². The number of fused-ring (bicyclic) bond motifs is 4. The highest BCUT2D eigenvalue weighted by molar-refractivity contribution is 5.82. The molecule has 4 unspecified atom stereocenters. The Kier molecular flexibility index (Phi) is 9.23. The van der Waals surface area contributed by atoms with Gasteiger partial charge in [-0.3, -0.25) is 9.78 Å². The average molecular weight is 675 g/mol. The molecule has 2 N–H and O–H groups in total. The Morgan fingerprint density at radius 2 is 1.46 bits per heavy atom. The van der Waals surface area contributed by atoms with E-state index < -0.39 is 11.6 Å². The number of piperidine rings is 3. The minimum atomic E-state index is -0.888. The van der Waals surface area contributed by atoms with E-state index in [0.717, 1.165) is 59.1 Å². The van der Waals surface area contributed by atoms with Gasteiger partial charge in [0.1, 0.15) is 17.7 Å². The zero-order valence-corrected chi connectivity index (χ0v) is 27.5. The summed E-state index contributed by atoms with van der Waals surface area (Å²) in [6.45, 7) is 6.10. The van der Waals surface area contributed by atoms with Gasteiger partial charge >= 0.3 is 0 Å². The Balaban J connectivity index is 0.00000372. The van der Waals surface area contributed by atoms with Crippen molar-refractivity contribution < 1.29 is 31.4 Å². The van der Waals surface area contributed by atoms with Crippen LogP contribution < -0.4 is 22.3 Å². The first-order valence-corrected chi connectivity index (χ1v) is 16.0. The van der Waals surface area contributed by atoms with Gasteiger partial charge in [-0.25, -0.2) is 0 Å². The zero-order valence-electron chi connectivity index (χ0n) is 25.9. The lowest BCUT2D eigenvalue weighted by atomic mass is 9.71. The van der Waals surface area contributed by atoms with Gasteiger partial charge in [0, 0.05) is 30.3 Å². The number of para-hydroxylation sites is 1. The second-order valence-corrected chi connectivity index (χ2v) is 12.8. The third-order valence-electron chi connectivity index (χ3n) is 10.4. The molecule has 5 aromatic rings. The molecular formula is C40H40BrN3O2. The predicted molar refractivity (Wildman–Crippen MR) is 179 cm³/mol. The third kappa shape index (κ3) is 5.59. The number of halogens is 1. The standard InChI is InChI=1S/C40H39N3O2.BrH/c1-2-29-27-43(25-23-30(29)26-37(43)39(45)35-22-24-41-36-21-13-12-20-34(35)36)28-38(44)42-40(31-14-6-3-7-15-31,32-16-8-4-9-17-32)33-18-10-5-11-19-33;/h2-22,24,29-30,37,39,45H,1,23,25-28H2;1H/t29?,30?,37?,39?,43-;/m0./s1. The number of hydrogen-bond acceptors (Lipinski definition) is 3. The molecule has 0 radical (unpaired) electrons. The van der Waals surface area contributed by atoms with Crippen molar-refractivity contribution in [3.8, 4) is 0 Å². The van der Waals surface area contributed by atoms with E-state index in [1.807, 2.05) is 84.9 Å². The molecule has 4 heterocycles. The summed E-state index contributed by atoms with van der Waals surface area (Å²) >= 11 is 0. The van der Waals surface area contributed by atoms with Gasteiger partial charge in [0.2, 0.25) is 0 Å². The number of rotatable bonds is 9. The second kappa shape index (κ2) is 13.3. The Hall–Kier alpha value is -4.10. The van der Waals surface area contributed by atoms with Crippen molar-refractivity contribution in [1.29, 1.82) is 0 Å². The molecule has 5 nitrogen and oxygen atoms in total. The Morgan fingerprint density at radius 1 is 0.891 bits per heavy atom. The van der Waals surface area contributed by atoms with Crippen molar-refractivity contribution in [2.45, 2.75) is 30.5 Å². The molecule has 8 rings (SSSR count). The molecule has 1 aromatic heterocycles. The predicted octanol–water partition coefficient (Wildman–Crippen LogP) is 3.79. The summed E-state index contributed by atoms with van der Waals surface area (Å²) in [4.78, 5) is 19.2. The smallest absolute Gasteiger partial charge is 0.276 e. The fraction of sp³-hybridized carbons (Fsp3) is 0.250. The van der Waals surface area contributed by atoms with E-state index >= 15 is 0 Å². The fourth-order valence-corrected chi connectivity index (χ4v) is 8.28. The number of aliphatic hydroxyl groups is 1. The van der Waals surface area contributed by atoms with Crippen molar-refractivity contribution in [1.82, 2.24) is 10.3 Å². The van der Waals surface area contributed by atoms with Gasteiger partial charge in [0.25, 0.3) is 5.91 Å². The van der Waals surface area contributed by atoms with Crippen LogP contribution in [0.15, 0.2) is 140 Å². The topological polar surface area (TPSA) is 62.2 Å². The van der Waals surface area contributed by atoms with Crippen LogP contribution in [0.3, 0.4) is 0 Å². The first-order valence-electron chi connectivity index (χ1n) is 16.0. The number of nitrogens with zero attached hydrogens (tertiary/aromatic N) is 2. The third-order valence-corrected chi connectivity index (χ3v) is 10.4. The maximum atomic E-state index is 14.7. The van der Waals surface area contributed by atoms with E-state index in [4.69, 9.17) is 0 Å². The van der Waals surface area contributed by atoms with Gasteiger partial charge in [-0.1, -0.05) is 115 Å². The van der Waals surface area contributed by atoms with E-state index in [-0.39, 0.29) is 35.5 Å². The number of carbonyl (C=O) groups excluding carboxylic acids is 1. The number of aromatic nitrogens is 1. The molecule has 1 amide bonds. The largest absolute Gasteiger partial charge is 1.00 e. The van der Waals surface area contributed by atoms with Crippen LogP contribution in [-0.4, -0.2) is 46.2 Å². The van der Waals surface area contributed by atoms with E-state index in [9.17, 15) is 9.90 Å². The molecule has 2 bridgehead atoms. The highest BCUT2D eigenvalue weighted by atomic mass is 79.9. The average Bonchev–Trinajstić information content (AvgIpc) is 3.11. The number of amides is 1. The van der Waals surface area contributed by atoms with E-state index in [0.29, 0.717) is 16.3 Å². The first kappa shape index (κ1) is 31.9. The minimum Gasteiger partial charge on any atom is -1.00 e. The van der Waals surface area contributed by atoms with Crippen LogP contribution in [0.4, 0.5) is 0 Å². The van der Waals surface area contributed by atoms with E-state index in [1.165, 1.54) is 0 Å². The normalized spacial score (nSPS) is 22.8. The number of benzene rings is 4. The highest BCUT2D eigenvalue weighted by Crippen LogP contribution is 2.47. The molecule has 0 aliphatic carbocycles. The van der Waals surface area contributed by atoms with Gasteiger partial charge in [0.15, 0.2) is 6.54 Å². The lowest BCUT2D eigenvalue weighted by Gasteiger charge is -2.57. The molecule has 3 aliphatic rings. The van der Waals surface area contributed by atoms with Gasteiger partial charge in [-0.2, -0.15) is 0 Å². The summed E-state index contributed by atoms with van der Waals surface area (Å²) in [7, 11) is 0. The summed E-state index contributed by atoms with van der Waals surface area (Å²) < 4.78 is 0.533. The van der Waals surface area contributed by atoms with Crippen molar-refractivity contribution >= 4 is 16.8 Å². The number of nitrogens with one attached hydrogen (secondary N) is 1. The molecule has 3 aliphatic heterocycles. The lowest BCUT2D eigenvalue weighted by Crippen LogP contribution is -3.00. The fourth-order valence-electron chi connectivity index (χ4n) is 8.28. The van der Waals surface area contributed by atoms with Crippen LogP contribution in [-0.2, 0) is 10.3 Å². The Bertz CT molecular complexity index is 1700. The van der Waals surface area contributed by atoms with Crippen LogP contribution in [0, 0.1) is 11.8 Å². The van der Waals surface area contributed by atoms with Crippen LogP contribution in [0.1, 0.15) is 41.2 Å². The van der Waals surface area contributed by atoms with E-state index in [1.54, 1.807) is 6.20 Å². The molecule has 5 atom stereocenters. The zero-order chi connectivity index (χ0) is 30.9. The summed E-state index contributed by atoms with van der Waals surface area (Å²) in [5.74, 6) is 0.730. The SMILES string of the molecule is C=CC1C[N@+]2(CC(=O)NC(c3ccccc3)(c3ccccc3)c3ccccc3)CCC1CC2C(O)c1ccnc2ccccc12.[Br-]. The molecule has 6 heteroatoms. The maximum Gasteiger partial charge on any atom is 0.276 e. The minimum absolute atomic E-state index is 0. The van der Waals surface area contributed by atoms with Gasteiger partial charge < -0.3 is 31.9 Å². The maximum absolute atomic E-state index is 14.7.